The topological polar surface area (TPSA) is 292 Å². The summed E-state index contributed by atoms with van der Waals surface area (Å²) in [7, 11) is 1.60. The minimum absolute atomic E-state index is 0.0779. The molecule has 6 N–H and O–H groups in total. The average molecular weight is 993 g/mol. The van der Waals surface area contributed by atoms with Crippen LogP contribution in [-0.2, 0) is 49.9 Å². The molecule has 5 aromatic heterocycles. The lowest BCUT2D eigenvalue weighted by atomic mass is 10.1. The van der Waals surface area contributed by atoms with E-state index in [4.69, 9.17) is 59.9 Å². The van der Waals surface area contributed by atoms with Gasteiger partial charge in [0.25, 0.3) is 5.91 Å². The summed E-state index contributed by atoms with van der Waals surface area (Å²) >= 11 is 0. The van der Waals surface area contributed by atoms with E-state index in [0.29, 0.717) is 87.8 Å². The van der Waals surface area contributed by atoms with Gasteiger partial charge in [0.1, 0.15) is 40.7 Å². The molecule has 3 amide bonds. The molecule has 0 fully saturated rings. The summed E-state index contributed by atoms with van der Waals surface area (Å²) in [5.41, 5.74) is 16.6. The number of allylic oxidation sites excluding steroid dienone is 2. The van der Waals surface area contributed by atoms with E-state index >= 15 is 0 Å². The number of aromatic nitrogens is 9. The Bertz CT molecular complexity index is 3100. The lowest BCUT2D eigenvalue weighted by Gasteiger charge is -2.13. The highest BCUT2D eigenvalue weighted by molar-refractivity contribution is 6.12. The standard InChI is InChI=1S/C49H60N12O11/c1-6-60-37(23-30(3)56-60)46-52-29-35-34-25-32(44(50)64)27-39(72-22-21-70-20-19-69-18-17-68-16-11-41(62)63)42(34)58(47(35)54-46)12-8-9-13-59-43-36(26-33(45(51)65)28-40(43)71-15-10-14-67-5)53-49(59)55-48(66)38-24-31(4)57-61(38)7-2/h8-9,23-29H,6-7,10-22H2,1-5H3,(H2,50,64)(H2,51,65)(H,62,63)(H,53,55,66)/b9-8+. The van der Waals surface area contributed by atoms with Gasteiger partial charge in [0.2, 0.25) is 17.8 Å². The molecule has 0 aliphatic heterocycles. The summed E-state index contributed by atoms with van der Waals surface area (Å²) in [5.74, 6) is -1.37. The van der Waals surface area contributed by atoms with Crippen LogP contribution in [0.3, 0.4) is 0 Å². The van der Waals surface area contributed by atoms with Gasteiger partial charge in [-0.25, -0.2) is 15.0 Å². The fourth-order valence-corrected chi connectivity index (χ4v) is 8.03. The second kappa shape index (κ2) is 24.4. The highest BCUT2D eigenvalue weighted by atomic mass is 16.6. The number of hydrogen-bond acceptors (Lipinski definition) is 15. The van der Waals surface area contributed by atoms with E-state index < -0.39 is 23.7 Å². The van der Waals surface area contributed by atoms with Crippen molar-refractivity contribution in [1.29, 1.82) is 0 Å². The predicted molar refractivity (Wildman–Crippen MR) is 265 cm³/mol. The number of hydrogen-bond donors (Lipinski definition) is 4. The smallest absolute Gasteiger partial charge is 0.305 e. The Morgan fingerprint density at radius 2 is 1.31 bits per heavy atom. The Morgan fingerprint density at radius 1 is 0.694 bits per heavy atom. The Kier molecular flexibility index (Phi) is 17.7. The third kappa shape index (κ3) is 12.4. The van der Waals surface area contributed by atoms with Crippen LogP contribution in [0.1, 0.15) is 69.3 Å². The van der Waals surface area contributed by atoms with Crippen LogP contribution in [-0.4, -0.2) is 139 Å². The van der Waals surface area contributed by atoms with Crippen LogP contribution in [0.5, 0.6) is 11.5 Å². The van der Waals surface area contributed by atoms with Crippen LogP contribution in [0.25, 0.3) is 44.5 Å². The molecule has 0 atom stereocenters. The summed E-state index contributed by atoms with van der Waals surface area (Å²) in [5, 5.41) is 22.0. The van der Waals surface area contributed by atoms with Gasteiger partial charge in [-0.3, -0.25) is 33.9 Å². The molecule has 7 rings (SSSR count). The zero-order chi connectivity index (χ0) is 51.3. The molecule has 0 unspecified atom stereocenters. The van der Waals surface area contributed by atoms with Crippen LogP contribution in [0, 0.1) is 13.8 Å². The molecule has 5 heterocycles. The van der Waals surface area contributed by atoms with Gasteiger partial charge in [0.05, 0.1) is 75.1 Å². The Balaban J connectivity index is 1.23. The van der Waals surface area contributed by atoms with Crippen LogP contribution < -0.4 is 26.3 Å². The van der Waals surface area contributed by atoms with Crippen LogP contribution >= 0.6 is 0 Å². The predicted octanol–water partition coefficient (Wildman–Crippen LogP) is 4.68. The Labute approximate surface area is 414 Å². The van der Waals surface area contributed by atoms with E-state index in [9.17, 15) is 19.2 Å². The number of nitrogens with one attached hydrogen (secondary N) is 1. The number of primary amides is 2. The fraction of sp³-hybridized carbons (Fsp3) is 0.408. The fourth-order valence-electron chi connectivity index (χ4n) is 8.03. The molecular formula is C49H60N12O11. The zero-order valence-corrected chi connectivity index (χ0v) is 41.0. The molecule has 23 nitrogen and oxygen atoms in total. The van der Waals surface area contributed by atoms with Crippen molar-refractivity contribution in [1.82, 2.24) is 43.6 Å². The maximum absolute atomic E-state index is 13.9. The Morgan fingerprint density at radius 3 is 1.97 bits per heavy atom. The van der Waals surface area contributed by atoms with Crippen molar-refractivity contribution in [3.05, 3.63) is 83.0 Å². The molecule has 23 heteroatoms. The van der Waals surface area contributed by atoms with Crippen molar-refractivity contribution in [3.63, 3.8) is 0 Å². The highest BCUT2D eigenvalue weighted by Gasteiger charge is 2.24. The SMILES string of the molecule is CCn1nc(C)cc1C(=O)Nc1nc2cc(C(N)=O)cc(OCCCOC)c2n1C/C=C/Cn1c2nc(-c3cc(C)nn3CC)ncc2c2cc(C(N)=O)cc(OCCOCCOCCOCCC(=O)O)c21. The molecule has 0 aliphatic carbocycles. The van der Waals surface area contributed by atoms with Crippen molar-refractivity contribution in [3.8, 4) is 23.0 Å². The van der Waals surface area contributed by atoms with Crippen molar-refractivity contribution in [2.75, 3.05) is 71.9 Å². The van der Waals surface area contributed by atoms with Gasteiger partial charge in [0, 0.05) is 74.4 Å². The van der Waals surface area contributed by atoms with Crippen molar-refractivity contribution < 1.29 is 52.7 Å². The van der Waals surface area contributed by atoms with E-state index in [1.807, 2.05) is 55.2 Å². The van der Waals surface area contributed by atoms with E-state index in [2.05, 4.69) is 15.5 Å². The number of nitrogens with zero attached hydrogens (tertiary/aromatic N) is 9. The minimum Gasteiger partial charge on any atom is -0.491 e. The van der Waals surface area contributed by atoms with Gasteiger partial charge in [-0.1, -0.05) is 12.2 Å². The number of imidazole rings is 1. The number of aliphatic carboxylic acids is 1. The van der Waals surface area contributed by atoms with Crippen molar-refractivity contribution in [2.45, 2.75) is 66.7 Å². The summed E-state index contributed by atoms with van der Waals surface area (Å²) < 4.78 is 41.6. The molecule has 0 bridgehead atoms. The second-order valence-corrected chi connectivity index (χ2v) is 16.5. The quantitative estimate of drug-likeness (QED) is 0.0366. The average Bonchev–Trinajstić information content (AvgIpc) is 4.12. The number of aryl methyl sites for hydroxylation is 4. The molecule has 0 radical (unpaired) electrons. The van der Waals surface area contributed by atoms with Crippen molar-refractivity contribution in [2.24, 2.45) is 11.5 Å². The van der Waals surface area contributed by atoms with Gasteiger partial charge in [0.15, 0.2) is 5.82 Å². The normalized spacial score (nSPS) is 11.7. The molecular weight excluding hydrogens is 933 g/mol. The third-order valence-corrected chi connectivity index (χ3v) is 11.3. The number of carbonyl (C=O) groups is 4. The number of ether oxygens (including phenoxy) is 6. The lowest BCUT2D eigenvalue weighted by Crippen LogP contribution is -2.20. The van der Waals surface area contributed by atoms with Crippen LogP contribution in [0.2, 0.25) is 0 Å². The summed E-state index contributed by atoms with van der Waals surface area (Å²) in [4.78, 5) is 64.6. The first-order valence-electron chi connectivity index (χ1n) is 23.5. The maximum Gasteiger partial charge on any atom is 0.305 e. The number of rotatable bonds is 29. The van der Waals surface area contributed by atoms with Gasteiger partial charge in [-0.05, 0) is 64.1 Å². The number of carboxylic acid groups (broad SMARTS) is 1. The first kappa shape index (κ1) is 52.1. The molecule has 72 heavy (non-hydrogen) atoms. The largest absolute Gasteiger partial charge is 0.491 e. The number of nitrogens with two attached hydrogens (primary N) is 2. The number of methoxy groups -OCH3 is 1. The first-order chi connectivity index (χ1) is 34.8. The van der Waals surface area contributed by atoms with E-state index in [0.717, 1.165) is 11.4 Å². The van der Waals surface area contributed by atoms with Crippen LogP contribution in [0.15, 0.2) is 54.7 Å². The maximum atomic E-state index is 13.9. The van der Waals surface area contributed by atoms with Gasteiger partial charge in [-0.15, -0.1) is 0 Å². The third-order valence-electron chi connectivity index (χ3n) is 11.3. The van der Waals surface area contributed by atoms with E-state index in [1.54, 1.807) is 52.9 Å². The van der Waals surface area contributed by atoms with Crippen LogP contribution in [0.4, 0.5) is 5.95 Å². The summed E-state index contributed by atoms with van der Waals surface area (Å²) in [6, 6.07) is 10.0. The number of carbonyl (C=O) groups excluding carboxylic acids is 3. The van der Waals surface area contributed by atoms with Crippen molar-refractivity contribution >= 4 is 62.6 Å². The van der Waals surface area contributed by atoms with Gasteiger partial charge in [-0.2, -0.15) is 10.2 Å². The van der Waals surface area contributed by atoms with E-state index in [1.165, 1.54) is 0 Å². The highest BCUT2D eigenvalue weighted by Crippen LogP contribution is 2.37. The molecule has 0 saturated heterocycles. The number of anilines is 1. The summed E-state index contributed by atoms with van der Waals surface area (Å²) in [6.07, 6.45) is 6.03. The summed E-state index contributed by atoms with van der Waals surface area (Å²) in [6.45, 7) is 11.2. The second-order valence-electron chi connectivity index (χ2n) is 16.5. The minimum atomic E-state index is -0.929. The Hall–Kier alpha value is -7.73. The molecule has 2 aromatic carbocycles. The van der Waals surface area contributed by atoms with E-state index in [-0.39, 0.29) is 89.4 Å². The molecule has 7 aromatic rings. The molecule has 0 spiro atoms. The number of benzene rings is 2. The molecule has 382 valence electrons. The lowest BCUT2D eigenvalue weighted by molar-refractivity contribution is -0.138. The number of amides is 3. The zero-order valence-electron chi connectivity index (χ0n) is 41.0. The number of carboxylic acids is 1. The molecule has 0 aliphatic rings. The molecule has 0 saturated carbocycles. The first-order valence-corrected chi connectivity index (χ1v) is 23.5. The monoisotopic (exact) mass is 992 g/mol. The van der Waals surface area contributed by atoms with Gasteiger partial charge >= 0.3 is 5.97 Å². The van der Waals surface area contributed by atoms with Gasteiger partial charge < -0.3 is 54.1 Å². The number of fused-ring (bicyclic) bond motifs is 4.